The summed E-state index contributed by atoms with van der Waals surface area (Å²) in [7, 11) is 0. The van der Waals surface area contributed by atoms with E-state index in [-0.39, 0.29) is 0 Å². The molecule has 1 N–H and O–H groups in total. The maximum atomic E-state index is 5.64. The Morgan fingerprint density at radius 3 is 2.65 bits per heavy atom. The summed E-state index contributed by atoms with van der Waals surface area (Å²) in [6, 6.07) is 7.95. The number of hydrogen-bond donors (Lipinski definition) is 1. The molecule has 0 aromatic carbocycles. The molecule has 0 fully saturated rings. The number of aryl methyl sites for hydroxylation is 1. The molecule has 2 heterocycles. The monoisotopic (exact) mass is 271 g/mol. The third-order valence-electron chi connectivity index (χ3n) is 2.91. The van der Waals surface area contributed by atoms with Crippen LogP contribution in [-0.4, -0.2) is 16.5 Å². The molecule has 0 bridgehead atoms. The average Bonchev–Trinajstić information content (AvgIpc) is 2.48. The van der Waals surface area contributed by atoms with Crippen LogP contribution in [0, 0.1) is 6.92 Å². The molecule has 0 amide bonds. The molecule has 0 saturated heterocycles. The Morgan fingerprint density at radius 1 is 1.10 bits per heavy atom. The van der Waals surface area contributed by atoms with Crippen molar-refractivity contribution in [2.45, 2.75) is 33.4 Å². The first-order valence-electron chi connectivity index (χ1n) is 6.98. The lowest BCUT2D eigenvalue weighted by Gasteiger charge is -2.07. The normalized spacial score (nSPS) is 10.5. The van der Waals surface area contributed by atoms with Gasteiger partial charge in [-0.25, -0.2) is 0 Å². The smallest absolute Gasteiger partial charge is 0.138 e. The lowest BCUT2D eigenvalue weighted by atomic mass is 10.2. The molecule has 2 aromatic heterocycles. The molecule has 0 aliphatic rings. The van der Waals surface area contributed by atoms with E-state index in [1.54, 1.807) is 6.20 Å². The van der Waals surface area contributed by atoms with Gasteiger partial charge in [0.2, 0.25) is 0 Å². The van der Waals surface area contributed by atoms with Crippen molar-refractivity contribution in [3.63, 3.8) is 0 Å². The summed E-state index contributed by atoms with van der Waals surface area (Å²) < 4.78 is 5.64. The van der Waals surface area contributed by atoms with Gasteiger partial charge in [0.25, 0.3) is 0 Å². The molecule has 0 atom stereocenters. The van der Waals surface area contributed by atoms with E-state index in [9.17, 15) is 0 Å². The fraction of sp³-hybridized carbons (Fsp3) is 0.375. The van der Waals surface area contributed by atoms with Crippen LogP contribution in [-0.2, 0) is 13.2 Å². The summed E-state index contributed by atoms with van der Waals surface area (Å²) in [6.07, 6.45) is 4.77. The largest absolute Gasteiger partial charge is 0.486 e. The minimum atomic E-state index is 0.466. The van der Waals surface area contributed by atoms with Gasteiger partial charge in [-0.15, -0.1) is 0 Å². The lowest BCUT2D eigenvalue weighted by Crippen LogP contribution is -2.14. The second-order valence-electron chi connectivity index (χ2n) is 4.76. The van der Waals surface area contributed by atoms with Crippen LogP contribution in [0.2, 0.25) is 0 Å². The molecular formula is C16H21N3O. The minimum absolute atomic E-state index is 0.466. The predicted octanol–water partition coefficient (Wildman–Crippen LogP) is 2.86. The van der Waals surface area contributed by atoms with Gasteiger partial charge < -0.3 is 10.1 Å². The summed E-state index contributed by atoms with van der Waals surface area (Å²) in [5.74, 6) is 0.770. The highest BCUT2D eigenvalue weighted by molar-refractivity contribution is 5.20. The summed E-state index contributed by atoms with van der Waals surface area (Å²) >= 11 is 0. The highest BCUT2D eigenvalue weighted by atomic mass is 16.5. The second-order valence-corrected chi connectivity index (χ2v) is 4.76. The number of nitrogens with one attached hydrogen (secondary N) is 1. The Balaban J connectivity index is 1.82. The number of nitrogens with zero attached hydrogens (tertiary/aromatic N) is 2. The first kappa shape index (κ1) is 14.5. The van der Waals surface area contributed by atoms with Crippen LogP contribution in [0.15, 0.2) is 36.7 Å². The van der Waals surface area contributed by atoms with E-state index in [1.807, 2.05) is 31.3 Å². The Morgan fingerprint density at radius 2 is 2.00 bits per heavy atom. The summed E-state index contributed by atoms with van der Waals surface area (Å²) in [6.45, 7) is 6.48. The zero-order valence-electron chi connectivity index (χ0n) is 12.1. The number of hydrogen-bond acceptors (Lipinski definition) is 4. The van der Waals surface area contributed by atoms with Gasteiger partial charge in [-0.2, -0.15) is 0 Å². The van der Waals surface area contributed by atoms with Gasteiger partial charge in [0, 0.05) is 18.4 Å². The molecule has 0 unspecified atom stereocenters. The molecule has 0 radical (unpaired) electrons. The Bertz CT molecular complexity index is 508. The van der Waals surface area contributed by atoms with Crippen LogP contribution < -0.4 is 10.1 Å². The number of aromatic nitrogens is 2. The molecule has 0 saturated carbocycles. The van der Waals surface area contributed by atoms with E-state index >= 15 is 0 Å². The van der Waals surface area contributed by atoms with Crippen molar-refractivity contribution < 1.29 is 4.74 Å². The summed E-state index contributed by atoms with van der Waals surface area (Å²) in [5.41, 5.74) is 3.10. The lowest BCUT2D eigenvalue weighted by molar-refractivity contribution is 0.300. The van der Waals surface area contributed by atoms with Crippen molar-refractivity contribution >= 4 is 0 Å². The Kier molecular flexibility index (Phi) is 5.50. The fourth-order valence-corrected chi connectivity index (χ4v) is 1.75. The van der Waals surface area contributed by atoms with Crippen LogP contribution in [0.25, 0.3) is 0 Å². The van der Waals surface area contributed by atoms with Crippen molar-refractivity contribution in [2.24, 2.45) is 0 Å². The van der Waals surface area contributed by atoms with Gasteiger partial charge in [-0.1, -0.05) is 13.0 Å². The number of rotatable bonds is 7. The SMILES string of the molecule is CCCNCc1ccc(COc2ccc(C)nc2)nc1. The van der Waals surface area contributed by atoms with Crippen molar-refractivity contribution in [3.8, 4) is 5.75 Å². The fourth-order valence-electron chi connectivity index (χ4n) is 1.75. The molecule has 2 aromatic rings. The van der Waals surface area contributed by atoms with E-state index in [0.29, 0.717) is 6.61 Å². The van der Waals surface area contributed by atoms with Gasteiger partial charge in [0.15, 0.2) is 0 Å². The summed E-state index contributed by atoms with van der Waals surface area (Å²) in [4.78, 5) is 8.60. The number of ether oxygens (including phenoxy) is 1. The van der Waals surface area contributed by atoms with Crippen molar-refractivity contribution in [1.82, 2.24) is 15.3 Å². The van der Waals surface area contributed by atoms with E-state index < -0.39 is 0 Å². The van der Waals surface area contributed by atoms with E-state index in [0.717, 1.165) is 36.6 Å². The second kappa shape index (κ2) is 7.60. The molecule has 0 spiro atoms. The zero-order valence-corrected chi connectivity index (χ0v) is 12.1. The van der Waals surface area contributed by atoms with Gasteiger partial charge >= 0.3 is 0 Å². The molecule has 20 heavy (non-hydrogen) atoms. The molecule has 0 aliphatic carbocycles. The topological polar surface area (TPSA) is 47.0 Å². The molecule has 0 aliphatic heterocycles. The maximum Gasteiger partial charge on any atom is 0.138 e. The van der Waals surface area contributed by atoms with Crippen LogP contribution in [0.4, 0.5) is 0 Å². The van der Waals surface area contributed by atoms with Crippen LogP contribution in [0.5, 0.6) is 5.75 Å². The zero-order chi connectivity index (χ0) is 14.2. The third kappa shape index (κ3) is 4.63. The van der Waals surface area contributed by atoms with E-state index in [4.69, 9.17) is 4.74 Å². The third-order valence-corrected chi connectivity index (χ3v) is 2.91. The van der Waals surface area contributed by atoms with Crippen molar-refractivity contribution in [3.05, 3.63) is 53.6 Å². The minimum Gasteiger partial charge on any atom is -0.486 e. The van der Waals surface area contributed by atoms with Gasteiger partial charge in [-0.3, -0.25) is 9.97 Å². The molecule has 4 nitrogen and oxygen atoms in total. The molecule has 2 rings (SSSR count). The quantitative estimate of drug-likeness (QED) is 0.787. The van der Waals surface area contributed by atoms with Gasteiger partial charge in [0.1, 0.15) is 12.4 Å². The van der Waals surface area contributed by atoms with Crippen LogP contribution >= 0.6 is 0 Å². The Hall–Kier alpha value is -1.94. The van der Waals surface area contributed by atoms with Crippen molar-refractivity contribution in [2.75, 3.05) is 6.54 Å². The summed E-state index contributed by atoms with van der Waals surface area (Å²) in [5, 5.41) is 3.35. The van der Waals surface area contributed by atoms with Gasteiger partial charge in [0.05, 0.1) is 11.9 Å². The van der Waals surface area contributed by atoms with Gasteiger partial charge in [-0.05, 0) is 43.7 Å². The first-order chi connectivity index (χ1) is 9.78. The molecular weight excluding hydrogens is 250 g/mol. The maximum absolute atomic E-state index is 5.64. The highest BCUT2D eigenvalue weighted by Gasteiger charge is 1.99. The number of pyridine rings is 2. The Labute approximate surface area is 120 Å². The standard InChI is InChI=1S/C16H21N3O/c1-3-8-17-9-14-5-6-15(19-10-14)12-20-16-7-4-13(2)18-11-16/h4-7,10-11,17H,3,8-9,12H2,1-2H3. The van der Waals surface area contributed by atoms with E-state index in [1.165, 1.54) is 5.56 Å². The van der Waals surface area contributed by atoms with E-state index in [2.05, 4.69) is 28.3 Å². The predicted molar refractivity (Wildman–Crippen MR) is 79.5 cm³/mol. The van der Waals surface area contributed by atoms with Crippen LogP contribution in [0.1, 0.15) is 30.3 Å². The van der Waals surface area contributed by atoms with Crippen LogP contribution in [0.3, 0.4) is 0 Å². The highest BCUT2D eigenvalue weighted by Crippen LogP contribution is 2.11. The molecule has 4 heteroatoms. The molecule has 106 valence electrons. The van der Waals surface area contributed by atoms with Crippen molar-refractivity contribution in [1.29, 1.82) is 0 Å². The average molecular weight is 271 g/mol. The first-order valence-corrected chi connectivity index (χ1v) is 6.98.